The van der Waals surface area contributed by atoms with Crippen LogP contribution in [-0.4, -0.2) is 38.0 Å². The van der Waals surface area contributed by atoms with Crippen LogP contribution in [0, 0.1) is 0 Å². The molecule has 1 aliphatic heterocycles. The number of nitrogens with one attached hydrogen (secondary N) is 1. The Morgan fingerprint density at radius 2 is 2.38 bits per heavy atom. The Labute approximate surface area is 80.8 Å². The van der Waals surface area contributed by atoms with Crippen LogP contribution in [0.2, 0.25) is 0 Å². The molecule has 1 heterocycles. The Morgan fingerprint density at radius 1 is 1.62 bits per heavy atom. The topological polar surface area (TPSA) is 30.5 Å². The molecule has 1 fully saturated rings. The van der Waals surface area contributed by atoms with Crippen molar-refractivity contribution in [1.29, 1.82) is 0 Å². The fraction of sp³-hybridized carbons (Fsp3) is 1.00. The molecule has 0 saturated carbocycles. The van der Waals surface area contributed by atoms with Gasteiger partial charge in [-0.25, -0.2) is 0 Å². The van der Waals surface area contributed by atoms with Gasteiger partial charge in [0.25, 0.3) is 0 Å². The summed E-state index contributed by atoms with van der Waals surface area (Å²) in [6.45, 7) is 8.77. The largest absolute Gasteiger partial charge is 0.380 e. The molecule has 13 heavy (non-hydrogen) atoms. The summed E-state index contributed by atoms with van der Waals surface area (Å²) in [4.78, 5) is 0. The van der Waals surface area contributed by atoms with E-state index in [9.17, 15) is 0 Å². The number of hydrogen-bond donors (Lipinski definition) is 1. The van der Waals surface area contributed by atoms with E-state index in [1.54, 1.807) is 0 Å². The van der Waals surface area contributed by atoms with Gasteiger partial charge in [0.15, 0.2) is 0 Å². The molecule has 3 atom stereocenters. The summed E-state index contributed by atoms with van der Waals surface area (Å²) in [5.41, 5.74) is 0. The molecule has 3 unspecified atom stereocenters. The highest BCUT2D eigenvalue weighted by atomic mass is 16.5. The second-order valence-electron chi connectivity index (χ2n) is 3.70. The van der Waals surface area contributed by atoms with Crippen LogP contribution in [0.3, 0.4) is 0 Å². The van der Waals surface area contributed by atoms with Crippen LogP contribution >= 0.6 is 0 Å². The Kier molecular flexibility index (Phi) is 4.70. The predicted octanol–water partition coefficient (Wildman–Crippen LogP) is 1.18. The van der Waals surface area contributed by atoms with E-state index in [0.29, 0.717) is 18.2 Å². The molecule has 3 heteroatoms. The molecule has 1 saturated heterocycles. The molecule has 1 rings (SSSR count). The van der Waals surface area contributed by atoms with Crippen molar-refractivity contribution in [2.24, 2.45) is 0 Å². The summed E-state index contributed by atoms with van der Waals surface area (Å²) in [5, 5.41) is 3.51. The van der Waals surface area contributed by atoms with Gasteiger partial charge in [-0.2, -0.15) is 0 Å². The standard InChI is InChI=1S/C10H21NO2/c1-4-12-7-8(2)11-10-5-6-13-9(10)3/h8-11H,4-7H2,1-3H3. The fourth-order valence-electron chi connectivity index (χ4n) is 1.66. The fourth-order valence-corrected chi connectivity index (χ4v) is 1.66. The lowest BCUT2D eigenvalue weighted by atomic mass is 10.1. The maximum Gasteiger partial charge on any atom is 0.0700 e. The van der Waals surface area contributed by atoms with E-state index in [1.807, 2.05) is 6.92 Å². The lowest BCUT2D eigenvalue weighted by molar-refractivity contribution is 0.0966. The van der Waals surface area contributed by atoms with Crippen LogP contribution in [0.25, 0.3) is 0 Å². The first-order chi connectivity index (χ1) is 6.24. The average Bonchev–Trinajstić information content (AvgIpc) is 2.48. The number of hydrogen-bond acceptors (Lipinski definition) is 3. The third-order valence-corrected chi connectivity index (χ3v) is 2.45. The van der Waals surface area contributed by atoms with Crippen LogP contribution < -0.4 is 5.32 Å². The molecular formula is C10H21NO2. The van der Waals surface area contributed by atoms with E-state index >= 15 is 0 Å². The highest BCUT2D eigenvalue weighted by Crippen LogP contribution is 2.13. The molecule has 0 aromatic rings. The van der Waals surface area contributed by atoms with Gasteiger partial charge in [-0.3, -0.25) is 0 Å². The first-order valence-electron chi connectivity index (χ1n) is 5.19. The first kappa shape index (κ1) is 11.0. The molecule has 1 aliphatic rings. The molecule has 0 bridgehead atoms. The van der Waals surface area contributed by atoms with Gasteiger partial charge in [-0.15, -0.1) is 0 Å². The minimum atomic E-state index is 0.351. The molecular weight excluding hydrogens is 166 g/mol. The van der Waals surface area contributed by atoms with E-state index < -0.39 is 0 Å². The first-order valence-corrected chi connectivity index (χ1v) is 5.19. The number of rotatable bonds is 5. The van der Waals surface area contributed by atoms with E-state index in [0.717, 1.165) is 26.2 Å². The molecule has 1 N–H and O–H groups in total. The normalized spacial score (nSPS) is 30.7. The van der Waals surface area contributed by atoms with Gasteiger partial charge in [0.1, 0.15) is 0 Å². The SMILES string of the molecule is CCOCC(C)NC1CCOC1C. The zero-order valence-electron chi connectivity index (χ0n) is 8.88. The van der Waals surface area contributed by atoms with Crippen molar-refractivity contribution in [3.05, 3.63) is 0 Å². The van der Waals surface area contributed by atoms with Crippen molar-refractivity contribution in [2.45, 2.75) is 45.4 Å². The van der Waals surface area contributed by atoms with Crippen LogP contribution in [0.1, 0.15) is 27.2 Å². The second kappa shape index (κ2) is 5.58. The van der Waals surface area contributed by atoms with Crippen LogP contribution in [-0.2, 0) is 9.47 Å². The van der Waals surface area contributed by atoms with E-state index in [-0.39, 0.29) is 0 Å². The van der Waals surface area contributed by atoms with Crippen molar-refractivity contribution in [2.75, 3.05) is 19.8 Å². The summed E-state index contributed by atoms with van der Waals surface area (Å²) >= 11 is 0. The molecule has 0 aromatic heterocycles. The maximum absolute atomic E-state index is 5.47. The molecule has 0 aromatic carbocycles. The van der Waals surface area contributed by atoms with Crippen LogP contribution in [0.5, 0.6) is 0 Å². The molecule has 0 aliphatic carbocycles. The Morgan fingerprint density at radius 3 is 2.92 bits per heavy atom. The third-order valence-electron chi connectivity index (χ3n) is 2.45. The summed E-state index contributed by atoms with van der Waals surface area (Å²) in [5.74, 6) is 0. The van der Waals surface area contributed by atoms with E-state index in [1.165, 1.54) is 0 Å². The van der Waals surface area contributed by atoms with Crippen molar-refractivity contribution in [1.82, 2.24) is 5.32 Å². The van der Waals surface area contributed by atoms with Gasteiger partial charge in [-0.1, -0.05) is 0 Å². The molecule has 3 nitrogen and oxygen atoms in total. The zero-order valence-corrected chi connectivity index (χ0v) is 8.88. The summed E-state index contributed by atoms with van der Waals surface area (Å²) in [7, 11) is 0. The number of ether oxygens (including phenoxy) is 2. The van der Waals surface area contributed by atoms with Crippen molar-refractivity contribution in [3.63, 3.8) is 0 Å². The van der Waals surface area contributed by atoms with E-state index in [4.69, 9.17) is 9.47 Å². The minimum absolute atomic E-state index is 0.351. The Bertz CT molecular complexity index is 141. The van der Waals surface area contributed by atoms with Crippen molar-refractivity contribution >= 4 is 0 Å². The van der Waals surface area contributed by atoms with Gasteiger partial charge < -0.3 is 14.8 Å². The zero-order chi connectivity index (χ0) is 9.68. The third kappa shape index (κ3) is 3.63. The smallest absolute Gasteiger partial charge is 0.0700 e. The quantitative estimate of drug-likeness (QED) is 0.701. The van der Waals surface area contributed by atoms with Gasteiger partial charge >= 0.3 is 0 Å². The average molecular weight is 187 g/mol. The molecule has 78 valence electrons. The predicted molar refractivity (Wildman–Crippen MR) is 52.9 cm³/mol. The minimum Gasteiger partial charge on any atom is -0.380 e. The summed E-state index contributed by atoms with van der Waals surface area (Å²) in [6, 6.07) is 0.935. The Balaban J connectivity index is 2.15. The highest BCUT2D eigenvalue weighted by Gasteiger charge is 2.24. The molecule has 0 radical (unpaired) electrons. The van der Waals surface area contributed by atoms with Crippen LogP contribution in [0.4, 0.5) is 0 Å². The Hall–Kier alpha value is -0.120. The maximum atomic E-state index is 5.47. The highest BCUT2D eigenvalue weighted by molar-refractivity contribution is 4.81. The van der Waals surface area contributed by atoms with Crippen LogP contribution in [0.15, 0.2) is 0 Å². The van der Waals surface area contributed by atoms with Gasteiger partial charge in [-0.05, 0) is 27.2 Å². The lowest BCUT2D eigenvalue weighted by Crippen LogP contribution is -2.42. The second-order valence-corrected chi connectivity index (χ2v) is 3.70. The van der Waals surface area contributed by atoms with Gasteiger partial charge in [0, 0.05) is 25.3 Å². The van der Waals surface area contributed by atoms with Gasteiger partial charge in [0.2, 0.25) is 0 Å². The molecule has 0 spiro atoms. The summed E-state index contributed by atoms with van der Waals surface area (Å²) < 4.78 is 10.8. The van der Waals surface area contributed by atoms with Crippen molar-refractivity contribution < 1.29 is 9.47 Å². The van der Waals surface area contributed by atoms with Crippen molar-refractivity contribution in [3.8, 4) is 0 Å². The lowest BCUT2D eigenvalue weighted by Gasteiger charge is -2.21. The summed E-state index contributed by atoms with van der Waals surface area (Å²) in [6.07, 6.45) is 1.47. The van der Waals surface area contributed by atoms with Gasteiger partial charge in [0.05, 0.1) is 12.7 Å². The molecule has 0 amide bonds. The van der Waals surface area contributed by atoms with E-state index in [2.05, 4.69) is 19.2 Å². The monoisotopic (exact) mass is 187 g/mol.